The van der Waals surface area contributed by atoms with E-state index in [4.69, 9.17) is 0 Å². The quantitative estimate of drug-likeness (QED) is 0.840. The number of anilines is 2. The lowest BCUT2D eigenvalue weighted by Gasteiger charge is -2.10. The second-order valence-corrected chi connectivity index (χ2v) is 5.04. The maximum Gasteiger partial charge on any atom is 0.235 e. The minimum absolute atomic E-state index is 0.0714. The molecular weight excluding hydrogens is 296 g/mol. The van der Waals surface area contributed by atoms with Crippen molar-refractivity contribution in [1.82, 2.24) is 0 Å². The summed E-state index contributed by atoms with van der Waals surface area (Å²) in [6.07, 6.45) is 1.95. The molecule has 2 rings (SSSR count). The summed E-state index contributed by atoms with van der Waals surface area (Å²) in [6.45, 7) is 1.93. The number of rotatable bonds is 4. The molecule has 18 heavy (non-hydrogen) atoms. The molecule has 1 aromatic carbocycles. The van der Waals surface area contributed by atoms with Crippen LogP contribution in [0.5, 0.6) is 0 Å². The first-order chi connectivity index (χ1) is 8.60. The number of nitrogens with one attached hydrogen (secondary N) is 2. The molecule has 0 aromatic heterocycles. The van der Waals surface area contributed by atoms with E-state index in [9.17, 15) is 9.59 Å². The molecule has 1 saturated carbocycles. The maximum absolute atomic E-state index is 11.7. The van der Waals surface area contributed by atoms with Gasteiger partial charge < -0.3 is 10.6 Å². The second-order valence-electron chi connectivity index (χ2n) is 4.48. The minimum atomic E-state index is -0.113. The van der Waals surface area contributed by atoms with Gasteiger partial charge in [-0.15, -0.1) is 0 Å². The Morgan fingerprint density at radius 3 is 2.67 bits per heavy atom. The Morgan fingerprint density at radius 2 is 2.06 bits per heavy atom. The Labute approximate surface area is 114 Å². The number of carbonyl (C=O) groups excluding carboxylic acids is 2. The van der Waals surface area contributed by atoms with E-state index in [1.807, 2.05) is 19.1 Å². The minimum Gasteiger partial charge on any atom is -0.326 e. The Bertz CT molecular complexity index is 484. The van der Waals surface area contributed by atoms with Gasteiger partial charge in [-0.3, -0.25) is 9.59 Å². The molecule has 1 fully saturated rings. The van der Waals surface area contributed by atoms with Crippen molar-refractivity contribution in [3.8, 4) is 0 Å². The highest BCUT2D eigenvalue weighted by Crippen LogP contribution is 2.31. The average Bonchev–Trinajstić information content (AvgIpc) is 3.17. The molecule has 0 unspecified atom stereocenters. The number of aryl methyl sites for hydroxylation is 1. The van der Waals surface area contributed by atoms with Gasteiger partial charge in [0.1, 0.15) is 0 Å². The lowest BCUT2D eigenvalue weighted by atomic mass is 10.1. The van der Waals surface area contributed by atoms with E-state index in [2.05, 4.69) is 26.6 Å². The van der Waals surface area contributed by atoms with E-state index in [-0.39, 0.29) is 23.1 Å². The number of carbonyl (C=O) groups is 2. The summed E-state index contributed by atoms with van der Waals surface area (Å²) in [6, 6.07) is 5.49. The van der Waals surface area contributed by atoms with Crippen LogP contribution in [0.1, 0.15) is 18.4 Å². The Morgan fingerprint density at radius 1 is 1.33 bits per heavy atom. The number of hydrogen-bond donors (Lipinski definition) is 2. The van der Waals surface area contributed by atoms with Crippen LogP contribution in [0.4, 0.5) is 11.4 Å². The SMILES string of the molecule is Cc1ccc(NC(=O)CBr)cc1NC(=O)C1CC1. The largest absolute Gasteiger partial charge is 0.326 e. The third kappa shape index (κ3) is 3.32. The summed E-state index contributed by atoms with van der Waals surface area (Å²) < 4.78 is 0. The first-order valence-corrected chi connectivity index (χ1v) is 6.99. The van der Waals surface area contributed by atoms with E-state index in [0.717, 1.165) is 24.1 Å². The van der Waals surface area contributed by atoms with Gasteiger partial charge in [-0.05, 0) is 37.5 Å². The standard InChI is InChI=1S/C13H15BrN2O2/c1-8-2-5-10(15-12(17)7-14)6-11(8)16-13(18)9-3-4-9/h2,5-6,9H,3-4,7H2,1H3,(H,15,17)(H,16,18). The van der Waals surface area contributed by atoms with Crippen LogP contribution in [0.15, 0.2) is 18.2 Å². The van der Waals surface area contributed by atoms with Crippen molar-refractivity contribution in [1.29, 1.82) is 0 Å². The summed E-state index contributed by atoms with van der Waals surface area (Å²) in [7, 11) is 0. The van der Waals surface area contributed by atoms with Crippen molar-refractivity contribution in [3.63, 3.8) is 0 Å². The number of alkyl halides is 1. The summed E-state index contributed by atoms with van der Waals surface area (Å²) in [5.41, 5.74) is 2.44. The molecule has 0 bridgehead atoms. The summed E-state index contributed by atoms with van der Waals surface area (Å²) >= 11 is 3.09. The van der Waals surface area contributed by atoms with E-state index in [1.165, 1.54) is 0 Å². The predicted molar refractivity (Wildman–Crippen MR) is 75.0 cm³/mol. The molecule has 1 aromatic rings. The van der Waals surface area contributed by atoms with E-state index >= 15 is 0 Å². The zero-order valence-electron chi connectivity index (χ0n) is 10.1. The average molecular weight is 311 g/mol. The Balaban J connectivity index is 2.10. The van der Waals surface area contributed by atoms with Gasteiger partial charge in [0.15, 0.2) is 0 Å². The number of benzene rings is 1. The van der Waals surface area contributed by atoms with Gasteiger partial charge in [-0.1, -0.05) is 22.0 Å². The number of amides is 2. The summed E-state index contributed by atoms with van der Waals surface area (Å²) in [4.78, 5) is 23.0. The molecule has 0 spiro atoms. The van der Waals surface area contributed by atoms with Gasteiger partial charge in [0, 0.05) is 17.3 Å². The lowest BCUT2D eigenvalue weighted by molar-refractivity contribution is -0.117. The predicted octanol–water partition coefficient (Wildman–Crippen LogP) is 2.68. The molecule has 0 atom stereocenters. The van der Waals surface area contributed by atoms with E-state index in [0.29, 0.717) is 5.69 Å². The molecular formula is C13H15BrN2O2. The van der Waals surface area contributed by atoms with E-state index < -0.39 is 0 Å². The first kappa shape index (κ1) is 13.1. The Kier molecular flexibility index (Phi) is 4.01. The molecule has 0 aliphatic heterocycles. The third-order valence-corrected chi connectivity index (χ3v) is 3.36. The van der Waals surface area contributed by atoms with Gasteiger partial charge in [0.05, 0.1) is 5.33 Å². The van der Waals surface area contributed by atoms with Gasteiger partial charge in [-0.2, -0.15) is 0 Å². The molecule has 0 radical (unpaired) electrons. The molecule has 96 valence electrons. The normalized spacial score (nSPS) is 14.1. The fraction of sp³-hybridized carbons (Fsp3) is 0.385. The summed E-state index contributed by atoms with van der Waals surface area (Å²) in [5.74, 6) is 0.130. The zero-order valence-corrected chi connectivity index (χ0v) is 11.7. The van der Waals surface area contributed by atoms with Gasteiger partial charge in [0.25, 0.3) is 0 Å². The van der Waals surface area contributed by atoms with Crippen LogP contribution in [0.3, 0.4) is 0 Å². The third-order valence-electron chi connectivity index (χ3n) is 2.85. The fourth-order valence-corrected chi connectivity index (χ4v) is 1.75. The van der Waals surface area contributed by atoms with Crippen LogP contribution in [0.25, 0.3) is 0 Å². The maximum atomic E-state index is 11.7. The Hall–Kier alpha value is -1.36. The van der Waals surface area contributed by atoms with Crippen molar-refractivity contribution in [2.24, 2.45) is 5.92 Å². The van der Waals surface area contributed by atoms with Crippen LogP contribution in [0, 0.1) is 12.8 Å². The highest BCUT2D eigenvalue weighted by atomic mass is 79.9. The second kappa shape index (κ2) is 5.52. The van der Waals surface area contributed by atoms with Crippen LogP contribution < -0.4 is 10.6 Å². The van der Waals surface area contributed by atoms with Crippen LogP contribution in [-0.2, 0) is 9.59 Å². The molecule has 2 N–H and O–H groups in total. The highest BCUT2D eigenvalue weighted by molar-refractivity contribution is 9.09. The number of halogens is 1. The first-order valence-electron chi connectivity index (χ1n) is 5.87. The van der Waals surface area contributed by atoms with Crippen LogP contribution >= 0.6 is 15.9 Å². The molecule has 1 aliphatic rings. The van der Waals surface area contributed by atoms with E-state index in [1.54, 1.807) is 6.07 Å². The summed E-state index contributed by atoms with van der Waals surface area (Å²) in [5, 5.41) is 5.90. The van der Waals surface area contributed by atoms with Crippen molar-refractivity contribution < 1.29 is 9.59 Å². The molecule has 0 saturated heterocycles. The van der Waals surface area contributed by atoms with Crippen LogP contribution in [-0.4, -0.2) is 17.1 Å². The zero-order chi connectivity index (χ0) is 13.1. The van der Waals surface area contributed by atoms with Gasteiger partial charge in [0.2, 0.25) is 11.8 Å². The smallest absolute Gasteiger partial charge is 0.235 e. The lowest BCUT2D eigenvalue weighted by Crippen LogP contribution is -2.15. The molecule has 4 nitrogen and oxygen atoms in total. The molecule has 0 heterocycles. The van der Waals surface area contributed by atoms with Gasteiger partial charge >= 0.3 is 0 Å². The monoisotopic (exact) mass is 310 g/mol. The van der Waals surface area contributed by atoms with Gasteiger partial charge in [-0.25, -0.2) is 0 Å². The molecule has 1 aliphatic carbocycles. The number of hydrogen-bond acceptors (Lipinski definition) is 2. The highest BCUT2D eigenvalue weighted by Gasteiger charge is 2.29. The van der Waals surface area contributed by atoms with Crippen molar-refractivity contribution in [2.75, 3.05) is 16.0 Å². The van der Waals surface area contributed by atoms with Crippen molar-refractivity contribution in [2.45, 2.75) is 19.8 Å². The molecule has 2 amide bonds. The van der Waals surface area contributed by atoms with Crippen molar-refractivity contribution >= 4 is 39.1 Å². The van der Waals surface area contributed by atoms with Crippen molar-refractivity contribution in [3.05, 3.63) is 23.8 Å². The van der Waals surface area contributed by atoms with Crippen LogP contribution in [0.2, 0.25) is 0 Å². The topological polar surface area (TPSA) is 58.2 Å². The fourth-order valence-electron chi connectivity index (χ4n) is 1.61. The molecule has 5 heteroatoms.